The fraction of sp³-hybridized carbons (Fsp3) is 0.370. The Morgan fingerprint density at radius 3 is 2.23 bits per heavy atom. The van der Waals surface area contributed by atoms with Gasteiger partial charge in [-0.3, -0.25) is 9.69 Å². The number of carbonyl (C=O) groups is 5. The Kier molecular flexibility index (Phi) is 14.5. The van der Waals surface area contributed by atoms with Gasteiger partial charge in [0.2, 0.25) is 6.79 Å². The molecule has 2 N–H and O–H groups in total. The topological polar surface area (TPSA) is 228 Å². The number of esters is 3. The van der Waals surface area contributed by atoms with Crippen molar-refractivity contribution in [2.24, 2.45) is 0 Å². The molecule has 2 aromatic rings. The molecule has 1 saturated heterocycles. The van der Waals surface area contributed by atoms with Crippen molar-refractivity contribution in [2.45, 2.75) is 19.9 Å². The van der Waals surface area contributed by atoms with Crippen LogP contribution in [0.3, 0.4) is 0 Å². The van der Waals surface area contributed by atoms with Gasteiger partial charge in [-0.25, -0.2) is 19.2 Å². The van der Waals surface area contributed by atoms with E-state index in [1.165, 1.54) is 25.1 Å². The third-order valence-electron chi connectivity index (χ3n) is 5.46. The van der Waals surface area contributed by atoms with Crippen molar-refractivity contribution in [2.75, 3.05) is 46.3 Å². The number of rotatable bonds is 13. The van der Waals surface area contributed by atoms with Gasteiger partial charge >= 0.3 is 29.8 Å². The Bertz CT molecular complexity index is 1310. The van der Waals surface area contributed by atoms with Crippen molar-refractivity contribution < 1.29 is 67.8 Å². The SMILES string of the molecule is CC(=O)Oc1ccccc1C(=O)OCOC(=O)c1ccc(OCCCO[N+](=O)[O-])c(CN2CCOCC2)c1.O=C(O)C(=O)O. The normalized spacial score (nSPS) is 12.5. The lowest BCUT2D eigenvalue weighted by atomic mass is 10.1. The lowest BCUT2D eigenvalue weighted by Crippen LogP contribution is -2.35. The predicted octanol–water partition coefficient (Wildman–Crippen LogP) is 1.55. The standard InChI is InChI=1S/C25H28N2O11.C2H2O4/c1-18(28)38-23-6-3-2-5-21(23)25(30)36-17-35-24(29)19-7-8-22(34-11-4-12-37-27(31)32)20(15-19)16-26-9-13-33-14-10-26;3-1(4)2(5)6/h2-3,5-8,15H,4,9-14,16-17H2,1H3;(H,3,4)(H,5,6). The summed E-state index contributed by atoms with van der Waals surface area (Å²) in [6.07, 6.45) is 0.299. The van der Waals surface area contributed by atoms with Crippen molar-refractivity contribution in [3.63, 3.8) is 0 Å². The van der Waals surface area contributed by atoms with E-state index in [0.717, 1.165) is 0 Å². The van der Waals surface area contributed by atoms with Crippen molar-refractivity contribution in [3.8, 4) is 11.5 Å². The van der Waals surface area contributed by atoms with Gasteiger partial charge in [0.1, 0.15) is 17.1 Å². The third kappa shape index (κ3) is 12.7. The van der Waals surface area contributed by atoms with Gasteiger partial charge in [0.15, 0.2) is 0 Å². The van der Waals surface area contributed by atoms with Crippen molar-refractivity contribution in [1.29, 1.82) is 0 Å². The van der Waals surface area contributed by atoms with E-state index in [1.54, 1.807) is 24.3 Å². The highest BCUT2D eigenvalue weighted by atomic mass is 16.9. The number of hydrogen-bond acceptors (Lipinski definition) is 14. The molecule has 1 heterocycles. The van der Waals surface area contributed by atoms with Crippen LogP contribution in [0.2, 0.25) is 0 Å². The molecule has 0 aromatic heterocycles. The molecule has 0 amide bonds. The van der Waals surface area contributed by atoms with Crippen LogP contribution in [0, 0.1) is 10.1 Å². The highest BCUT2D eigenvalue weighted by molar-refractivity contribution is 6.27. The monoisotopic (exact) mass is 622 g/mol. The zero-order valence-corrected chi connectivity index (χ0v) is 23.5. The fourth-order valence-corrected chi connectivity index (χ4v) is 3.53. The van der Waals surface area contributed by atoms with Crippen LogP contribution in [0.25, 0.3) is 0 Å². The Morgan fingerprint density at radius 2 is 1.59 bits per heavy atom. The van der Waals surface area contributed by atoms with Crippen LogP contribution in [0.1, 0.15) is 39.6 Å². The fourth-order valence-electron chi connectivity index (χ4n) is 3.53. The molecule has 44 heavy (non-hydrogen) atoms. The molecule has 0 bridgehead atoms. The number of carboxylic acids is 2. The van der Waals surface area contributed by atoms with Gasteiger partial charge in [0.25, 0.3) is 5.09 Å². The molecule has 1 fully saturated rings. The quantitative estimate of drug-likeness (QED) is 0.0614. The zero-order valence-electron chi connectivity index (χ0n) is 23.5. The van der Waals surface area contributed by atoms with E-state index in [0.29, 0.717) is 50.6 Å². The summed E-state index contributed by atoms with van der Waals surface area (Å²) in [6.45, 7) is 3.69. The minimum Gasteiger partial charge on any atom is -0.493 e. The molecule has 0 saturated carbocycles. The van der Waals surface area contributed by atoms with E-state index >= 15 is 0 Å². The van der Waals surface area contributed by atoms with Gasteiger partial charge in [-0.05, 0) is 30.3 Å². The number of morpholine rings is 1. The molecule has 0 radical (unpaired) electrons. The Balaban J connectivity index is 0.00000102. The summed E-state index contributed by atoms with van der Waals surface area (Å²) in [5, 5.41) is 24.2. The van der Waals surface area contributed by atoms with Crippen molar-refractivity contribution in [3.05, 3.63) is 69.3 Å². The van der Waals surface area contributed by atoms with Crippen LogP contribution < -0.4 is 9.47 Å². The van der Waals surface area contributed by atoms with Crippen molar-refractivity contribution >= 4 is 29.8 Å². The van der Waals surface area contributed by atoms with Gasteiger partial charge in [0, 0.05) is 38.5 Å². The molecule has 0 spiro atoms. The van der Waals surface area contributed by atoms with Crippen LogP contribution in [-0.4, -0.2) is 96.4 Å². The van der Waals surface area contributed by atoms with Crippen LogP contribution in [0.15, 0.2) is 42.5 Å². The number of benzene rings is 2. The molecule has 0 aliphatic carbocycles. The predicted molar refractivity (Wildman–Crippen MR) is 144 cm³/mol. The van der Waals surface area contributed by atoms with Gasteiger partial charge in [-0.2, -0.15) is 0 Å². The van der Waals surface area contributed by atoms with Gasteiger partial charge in [-0.1, -0.05) is 12.1 Å². The number of carboxylic acid groups (broad SMARTS) is 2. The van der Waals surface area contributed by atoms with E-state index in [4.69, 9.17) is 43.5 Å². The Morgan fingerprint density at radius 1 is 0.932 bits per heavy atom. The summed E-state index contributed by atoms with van der Waals surface area (Å²) in [6, 6.07) is 10.8. The zero-order chi connectivity index (χ0) is 32.5. The van der Waals surface area contributed by atoms with E-state index in [1.807, 2.05) is 0 Å². The summed E-state index contributed by atoms with van der Waals surface area (Å²) in [5.41, 5.74) is 0.939. The summed E-state index contributed by atoms with van der Waals surface area (Å²) in [4.78, 5) is 71.2. The number of carbonyl (C=O) groups excluding carboxylic acids is 3. The first-order valence-corrected chi connectivity index (χ1v) is 12.9. The highest BCUT2D eigenvalue weighted by Gasteiger charge is 2.19. The largest absolute Gasteiger partial charge is 0.493 e. The minimum absolute atomic E-state index is 0.0108. The molecule has 17 nitrogen and oxygen atoms in total. The Labute approximate surface area is 249 Å². The summed E-state index contributed by atoms with van der Waals surface area (Å²) >= 11 is 0. The van der Waals surface area contributed by atoms with Crippen molar-refractivity contribution in [1.82, 2.24) is 4.90 Å². The average molecular weight is 623 g/mol. The minimum atomic E-state index is -1.82. The van der Waals surface area contributed by atoms with Gasteiger partial charge in [0.05, 0.1) is 32.0 Å². The molecule has 2 aromatic carbocycles. The molecule has 0 unspecified atom stereocenters. The number of hydrogen-bond donors (Lipinski definition) is 2. The van der Waals surface area contributed by atoms with E-state index in [9.17, 15) is 24.5 Å². The second-order valence-electron chi connectivity index (χ2n) is 8.65. The molecule has 1 aliphatic heterocycles. The van der Waals surface area contributed by atoms with Gasteiger partial charge < -0.3 is 38.7 Å². The van der Waals surface area contributed by atoms with Crippen LogP contribution in [0.4, 0.5) is 0 Å². The van der Waals surface area contributed by atoms with E-state index < -0.39 is 41.7 Å². The molecule has 1 aliphatic rings. The molecule has 0 atom stereocenters. The second-order valence-corrected chi connectivity index (χ2v) is 8.65. The summed E-state index contributed by atoms with van der Waals surface area (Å²) in [5.74, 6) is -5.24. The summed E-state index contributed by atoms with van der Waals surface area (Å²) < 4.78 is 26.3. The lowest BCUT2D eigenvalue weighted by Gasteiger charge is -2.27. The maximum Gasteiger partial charge on any atom is 0.414 e. The molecule has 3 rings (SSSR count). The first-order chi connectivity index (χ1) is 21.0. The maximum absolute atomic E-state index is 12.7. The molecular formula is C27H30N2O15. The third-order valence-corrected chi connectivity index (χ3v) is 5.46. The number of ether oxygens (including phenoxy) is 5. The number of para-hydroxylation sites is 1. The maximum atomic E-state index is 12.7. The molecule has 238 valence electrons. The number of aliphatic carboxylic acids is 2. The van der Waals surface area contributed by atoms with E-state index in [-0.39, 0.29) is 30.1 Å². The first-order valence-electron chi connectivity index (χ1n) is 12.9. The smallest absolute Gasteiger partial charge is 0.414 e. The molecular weight excluding hydrogens is 592 g/mol. The highest BCUT2D eigenvalue weighted by Crippen LogP contribution is 2.24. The van der Waals surface area contributed by atoms with E-state index in [2.05, 4.69) is 9.74 Å². The van der Waals surface area contributed by atoms with Crippen LogP contribution >= 0.6 is 0 Å². The van der Waals surface area contributed by atoms with Crippen LogP contribution in [-0.2, 0) is 40.0 Å². The first kappa shape index (κ1) is 34.9. The summed E-state index contributed by atoms with van der Waals surface area (Å²) in [7, 11) is 0. The number of nitrogens with zero attached hydrogens (tertiary/aromatic N) is 2. The average Bonchev–Trinajstić information content (AvgIpc) is 2.98. The molecule has 17 heteroatoms. The van der Waals surface area contributed by atoms with Gasteiger partial charge in [-0.15, -0.1) is 10.1 Å². The lowest BCUT2D eigenvalue weighted by molar-refractivity contribution is -0.757. The second kappa shape index (κ2) is 18.3. The Hall–Kier alpha value is -5.29. The van der Waals surface area contributed by atoms with Crippen LogP contribution in [0.5, 0.6) is 11.5 Å².